The fraction of sp³-hybridized carbons (Fsp3) is 0.357. The van der Waals surface area contributed by atoms with Crippen molar-refractivity contribution in [2.75, 3.05) is 14.2 Å². The van der Waals surface area contributed by atoms with E-state index in [1.54, 1.807) is 0 Å². The lowest BCUT2D eigenvalue weighted by atomic mass is 9.95. The highest BCUT2D eigenvalue weighted by molar-refractivity contribution is 5.90. The molecule has 0 aliphatic heterocycles. The second-order valence-corrected chi connectivity index (χ2v) is 8.40. The molecule has 0 bridgehead atoms. The Labute approximate surface area is 230 Å². The molecule has 0 heterocycles. The zero-order valence-corrected chi connectivity index (χ0v) is 22.1. The van der Waals surface area contributed by atoms with Crippen LogP contribution < -0.4 is 9.47 Å². The summed E-state index contributed by atoms with van der Waals surface area (Å²) in [7, 11) is 2.66. The minimum atomic E-state index is -0.895. The Balaban J connectivity index is 0.000000400. The lowest BCUT2D eigenvalue weighted by molar-refractivity contribution is -0.138. The number of unbranched alkanes of at least 4 members (excludes halogenated alkanes) is 2. The molecule has 40 heavy (non-hydrogen) atoms. The molecule has 4 N–H and O–H groups in total. The van der Waals surface area contributed by atoms with Crippen molar-refractivity contribution in [2.45, 2.75) is 51.4 Å². The van der Waals surface area contributed by atoms with Gasteiger partial charge in [0, 0.05) is 24.5 Å². The maximum atomic E-state index is 11.1. The fourth-order valence-electron chi connectivity index (χ4n) is 3.87. The van der Waals surface area contributed by atoms with Gasteiger partial charge in [0.15, 0.2) is 29.3 Å². The molecule has 2 rings (SSSR count). The Morgan fingerprint density at radius 3 is 1.75 bits per heavy atom. The maximum Gasteiger partial charge on any atom is 0.303 e. The van der Waals surface area contributed by atoms with Crippen LogP contribution in [-0.2, 0) is 22.4 Å². The number of phenolic OH excluding ortho intramolecular Hbond substituents is 2. The van der Waals surface area contributed by atoms with E-state index in [9.17, 15) is 29.4 Å². The van der Waals surface area contributed by atoms with E-state index >= 15 is 0 Å². The first kappa shape index (κ1) is 32.9. The number of ether oxygens (including phenoxy) is 2. The van der Waals surface area contributed by atoms with Gasteiger partial charge in [-0.15, -0.1) is 0 Å². The summed E-state index contributed by atoms with van der Waals surface area (Å²) in [5.41, 5.74) is 1.39. The number of nitrogens with zero attached hydrogens (tertiary/aromatic N) is 2. The van der Waals surface area contributed by atoms with E-state index in [1.165, 1.54) is 26.4 Å². The van der Waals surface area contributed by atoms with E-state index in [4.69, 9.17) is 30.2 Å². The Kier molecular flexibility index (Phi) is 13.7. The Hall–Kier alpha value is -5.10. The van der Waals surface area contributed by atoms with Crippen LogP contribution in [0.25, 0.3) is 0 Å². The summed E-state index contributed by atoms with van der Waals surface area (Å²) in [6.07, 6.45) is 3.70. The Morgan fingerprint density at radius 2 is 1.32 bits per heavy atom. The van der Waals surface area contributed by atoms with E-state index in [2.05, 4.69) is 0 Å². The molecule has 0 radical (unpaired) electrons. The Bertz CT molecular complexity index is 1320. The highest BCUT2D eigenvalue weighted by Gasteiger charge is 2.19. The van der Waals surface area contributed by atoms with Gasteiger partial charge >= 0.3 is 11.9 Å². The number of hydrogen-bond acceptors (Lipinski definition) is 10. The summed E-state index contributed by atoms with van der Waals surface area (Å²) in [5.74, 6) is -2.24. The molecule has 0 spiro atoms. The van der Waals surface area contributed by atoms with E-state index in [-0.39, 0.29) is 58.1 Å². The molecule has 2 aromatic rings. The van der Waals surface area contributed by atoms with Crippen LogP contribution in [0.3, 0.4) is 0 Å². The largest absolute Gasteiger partial charge is 0.504 e. The number of hydrogen-bond donors (Lipinski definition) is 4. The number of carboxylic acids is 2. The predicted molar refractivity (Wildman–Crippen MR) is 140 cm³/mol. The summed E-state index contributed by atoms with van der Waals surface area (Å²) < 4.78 is 9.81. The predicted octanol–water partition coefficient (Wildman–Crippen LogP) is 3.76. The number of carboxylic acid groups (broad SMARTS) is 2. The van der Waals surface area contributed by atoms with Gasteiger partial charge in [0.25, 0.3) is 0 Å². The van der Waals surface area contributed by atoms with Crippen molar-refractivity contribution in [3.63, 3.8) is 0 Å². The second kappa shape index (κ2) is 16.7. The SMILES string of the molecule is COc1cc(C#N)c(CCCCC(=O)O)c(C#N)c1O.COc1cc(C=O)c(CCCCC(=O)O)c(C=O)c1O. The fourth-order valence-corrected chi connectivity index (χ4v) is 3.87. The van der Waals surface area contributed by atoms with Crippen molar-refractivity contribution < 1.29 is 49.1 Å². The van der Waals surface area contributed by atoms with Gasteiger partial charge in [-0.2, -0.15) is 10.5 Å². The minimum Gasteiger partial charge on any atom is -0.504 e. The lowest BCUT2D eigenvalue weighted by Gasteiger charge is -2.13. The van der Waals surface area contributed by atoms with E-state index in [1.807, 2.05) is 12.1 Å². The second-order valence-electron chi connectivity index (χ2n) is 8.40. The molecular weight excluding hydrogens is 524 g/mol. The van der Waals surface area contributed by atoms with Crippen LogP contribution in [0.1, 0.15) is 81.5 Å². The highest BCUT2D eigenvalue weighted by Crippen LogP contribution is 2.35. The first-order valence-electron chi connectivity index (χ1n) is 12.1. The first-order valence-corrected chi connectivity index (χ1v) is 12.1. The molecular formula is C28H30N2O10. The van der Waals surface area contributed by atoms with E-state index in [0.717, 1.165) is 0 Å². The van der Waals surface area contributed by atoms with E-state index < -0.39 is 11.9 Å². The first-order chi connectivity index (χ1) is 19.1. The molecule has 0 fully saturated rings. The molecule has 0 aromatic heterocycles. The monoisotopic (exact) mass is 554 g/mol. The number of phenols is 2. The number of aliphatic carboxylic acids is 2. The van der Waals surface area contributed by atoms with Gasteiger partial charge in [-0.05, 0) is 55.7 Å². The van der Waals surface area contributed by atoms with Crippen LogP contribution in [-0.4, -0.2) is 59.2 Å². The van der Waals surface area contributed by atoms with Crippen molar-refractivity contribution in [1.82, 2.24) is 0 Å². The summed E-state index contributed by atoms with van der Waals surface area (Å²) >= 11 is 0. The molecule has 2 aromatic carbocycles. The van der Waals surface area contributed by atoms with Gasteiger partial charge in [0.1, 0.15) is 17.9 Å². The number of aromatic hydroxyl groups is 2. The molecule has 0 unspecified atom stereocenters. The van der Waals surface area contributed by atoms with Gasteiger partial charge in [-0.1, -0.05) is 0 Å². The third-order valence-corrected chi connectivity index (χ3v) is 5.87. The molecule has 12 nitrogen and oxygen atoms in total. The summed E-state index contributed by atoms with van der Waals surface area (Å²) in [5, 5.41) is 55.1. The summed E-state index contributed by atoms with van der Waals surface area (Å²) in [6, 6.07) is 6.57. The van der Waals surface area contributed by atoms with Gasteiger partial charge in [-0.25, -0.2) is 0 Å². The third-order valence-electron chi connectivity index (χ3n) is 5.87. The number of methoxy groups -OCH3 is 2. The molecule has 0 amide bonds. The molecule has 0 saturated heterocycles. The van der Waals surface area contributed by atoms with Crippen LogP contribution >= 0.6 is 0 Å². The van der Waals surface area contributed by atoms with Gasteiger partial charge in [0.2, 0.25) is 0 Å². The smallest absolute Gasteiger partial charge is 0.303 e. The van der Waals surface area contributed by atoms with Crippen molar-refractivity contribution in [3.05, 3.63) is 45.5 Å². The normalized spacial score (nSPS) is 9.80. The summed E-state index contributed by atoms with van der Waals surface area (Å²) in [4.78, 5) is 43.0. The molecule has 0 aliphatic rings. The van der Waals surface area contributed by atoms with Crippen molar-refractivity contribution in [3.8, 4) is 35.1 Å². The lowest BCUT2D eigenvalue weighted by Crippen LogP contribution is -2.03. The average molecular weight is 555 g/mol. The quantitative estimate of drug-likeness (QED) is 0.194. The zero-order chi connectivity index (χ0) is 30.2. The van der Waals surface area contributed by atoms with Crippen LogP contribution in [0.4, 0.5) is 0 Å². The summed E-state index contributed by atoms with van der Waals surface area (Å²) in [6.45, 7) is 0. The van der Waals surface area contributed by atoms with Crippen molar-refractivity contribution in [2.24, 2.45) is 0 Å². The average Bonchev–Trinajstić information content (AvgIpc) is 2.93. The number of carbonyl (C=O) groups excluding carboxylic acids is 2. The molecule has 0 saturated carbocycles. The number of nitriles is 2. The molecule has 0 atom stereocenters. The van der Waals surface area contributed by atoms with E-state index in [0.29, 0.717) is 62.2 Å². The maximum absolute atomic E-state index is 11.1. The number of carbonyl (C=O) groups is 4. The van der Waals surface area contributed by atoms with Crippen LogP contribution in [0.2, 0.25) is 0 Å². The molecule has 212 valence electrons. The van der Waals surface area contributed by atoms with Crippen molar-refractivity contribution >= 4 is 24.5 Å². The zero-order valence-electron chi connectivity index (χ0n) is 22.1. The minimum absolute atomic E-state index is 0.0104. The highest BCUT2D eigenvalue weighted by atomic mass is 16.5. The number of aldehydes is 2. The van der Waals surface area contributed by atoms with Gasteiger partial charge < -0.3 is 29.9 Å². The van der Waals surface area contributed by atoms with Crippen LogP contribution in [0, 0.1) is 22.7 Å². The van der Waals surface area contributed by atoms with Crippen LogP contribution in [0.5, 0.6) is 23.0 Å². The molecule has 12 heteroatoms. The number of benzene rings is 2. The van der Waals surface area contributed by atoms with Crippen LogP contribution in [0.15, 0.2) is 12.1 Å². The van der Waals surface area contributed by atoms with Gasteiger partial charge in [-0.3, -0.25) is 19.2 Å². The Morgan fingerprint density at radius 1 is 0.800 bits per heavy atom. The van der Waals surface area contributed by atoms with Crippen molar-refractivity contribution in [1.29, 1.82) is 10.5 Å². The molecule has 0 aliphatic carbocycles. The standard InChI is InChI=1S/C14H14N2O4.C14H16O6/c2*1-20-12-6-9(7-15)10(11(8-16)14(12)19)4-2-3-5-13(17)18/h6,19H,2-5H2,1H3,(H,17,18);6-8,19H,2-5H2,1H3,(H,17,18). The number of rotatable bonds is 14. The third kappa shape index (κ3) is 9.03. The van der Waals surface area contributed by atoms with Gasteiger partial charge in [0.05, 0.1) is 31.4 Å². The topological polar surface area (TPSA) is 215 Å².